The van der Waals surface area contributed by atoms with Crippen LogP contribution in [0.15, 0.2) is 42.5 Å². The van der Waals surface area contributed by atoms with Crippen molar-refractivity contribution in [3.63, 3.8) is 0 Å². The maximum absolute atomic E-state index is 8.06. The minimum atomic E-state index is -0.167. The zero-order valence-corrected chi connectivity index (χ0v) is 14.3. The van der Waals surface area contributed by atoms with E-state index in [9.17, 15) is 0 Å². The molecule has 3 rings (SSSR count). The highest BCUT2D eigenvalue weighted by Crippen LogP contribution is 2.41. The van der Waals surface area contributed by atoms with E-state index in [-0.39, 0.29) is 6.10 Å². The summed E-state index contributed by atoms with van der Waals surface area (Å²) in [5, 5.41) is 8.06. The molecule has 0 saturated carbocycles. The smallest absolute Gasteiger partial charge is 0.119 e. The number of aliphatic hydroxyl groups is 1. The summed E-state index contributed by atoms with van der Waals surface area (Å²) < 4.78 is 5.80. The predicted octanol–water partition coefficient (Wildman–Crippen LogP) is 4.85. The van der Waals surface area contributed by atoms with Crippen molar-refractivity contribution in [2.45, 2.75) is 26.4 Å². The first-order chi connectivity index (χ1) is 10.6. The fourth-order valence-electron chi connectivity index (χ4n) is 2.35. The van der Waals surface area contributed by atoms with E-state index in [1.165, 1.54) is 22.3 Å². The van der Waals surface area contributed by atoms with Crippen LogP contribution in [0.2, 0.25) is 0 Å². The van der Waals surface area contributed by atoms with E-state index >= 15 is 0 Å². The summed E-state index contributed by atoms with van der Waals surface area (Å²) in [6, 6.07) is 15.1. The molecule has 0 saturated heterocycles. The molecule has 0 aliphatic heterocycles. The van der Waals surface area contributed by atoms with E-state index in [0.29, 0.717) is 0 Å². The number of thioether (sulfide) groups is 1. The monoisotopic (exact) mass is 316 g/mol. The Balaban J connectivity index is 0.000000396. The standard InChI is InChI=1S/C16H16OS.C3H8O/c1-18-9-3-8-17-14-6-7-15-12-4-2-5-13(10-12)16(15)11-14;1-3(2)4/h2,4-7,10-11H,3,8-9H2,1H3;3-4H,1-2H3. The Bertz CT molecular complexity index is 605. The predicted molar refractivity (Wildman–Crippen MR) is 96.7 cm³/mol. The number of ether oxygens (including phenoxy) is 1. The lowest BCUT2D eigenvalue weighted by Crippen LogP contribution is -1.98. The summed E-state index contributed by atoms with van der Waals surface area (Å²) in [7, 11) is 0. The molecule has 3 heteroatoms. The Morgan fingerprint density at radius 2 is 1.73 bits per heavy atom. The van der Waals surface area contributed by atoms with Gasteiger partial charge in [-0.05, 0) is 72.7 Å². The lowest BCUT2D eigenvalue weighted by Gasteiger charge is -2.08. The third-order valence-electron chi connectivity index (χ3n) is 3.24. The Labute approximate surface area is 137 Å². The molecular formula is C19H24O2S. The zero-order valence-electron chi connectivity index (χ0n) is 13.5. The quantitative estimate of drug-likeness (QED) is 0.682. The fourth-order valence-corrected chi connectivity index (χ4v) is 2.76. The summed E-state index contributed by atoms with van der Waals surface area (Å²) >= 11 is 1.86. The molecule has 2 bridgehead atoms. The average Bonchev–Trinajstić information content (AvgIpc) is 2.74. The topological polar surface area (TPSA) is 29.5 Å². The Morgan fingerprint density at radius 1 is 1.05 bits per heavy atom. The number of benzene rings is 2. The molecule has 0 aromatic heterocycles. The van der Waals surface area contributed by atoms with E-state index < -0.39 is 0 Å². The summed E-state index contributed by atoms with van der Waals surface area (Å²) in [6.07, 6.45) is 3.06. The van der Waals surface area contributed by atoms with Crippen molar-refractivity contribution in [1.82, 2.24) is 0 Å². The van der Waals surface area contributed by atoms with Gasteiger partial charge in [0, 0.05) is 6.10 Å². The van der Waals surface area contributed by atoms with Gasteiger partial charge in [-0.25, -0.2) is 0 Å². The first kappa shape index (κ1) is 16.9. The van der Waals surface area contributed by atoms with Gasteiger partial charge in [-0.1, -0.05) is 24.3 Å². The van der Waals surface area contributed by atoms with E-state index in [1.807, 2.05) is 11.8 Å². The van der Waals surface area contributed by atoms with Gasteiger partial charge in [0.2, 0.25) is 0 Å². The Kier molecular flexibility index (Phi) is 6.34. The molecule has 0 fully saturated rings. The minimum absolute atomic E-state index is 0.167. The molecule has 0 atom stereocenters. The van der Waals surface area contributed by atoms with Crippen LogP contribution in [0.5, 0.6) is 5.75 Å². The van der Waals surface area contributed by atoms with Gasteiger partial charge in [-0.15, -0.1) is 0 Å². The van der Waals surface area contributed by atoms with Crippen molar-refractivity contribution in [1.29, 1.82) is 0 Å². The first-order valence-electron chi connectivity index (χ1n) is 7.66. The molecule has 2 aromatic carbocycles. The highest BCUT2D eigenvalue weighted by molar-refractivity contribution is 7.98. The van der Waals surface area contributed by atoms with Gasteiger partial charge in [0.25, 0.3) is 0 Å². The average molecular weight is 316 g/mol. The molecule has 0 radical (unpaired) electrons. The van der Waals surface area contributed by atoms with Crippen LogP contribution in [0, 0.1) is 0 Å². The third kappa shape index (κ3) is 4.52. The van der Waals surface area contributed by atoms with Crippen LogP contribution in [0.3, 0.4) is 0 Å². The lowest BCUT2D eigenvalue weighted by atomic mass is 10.1. The minimum Gasteiger partial charge on any atom is -0.494 e. The van der Waals surface area contributed by atoms with Crippen molar-refractivity contribution in [3.8, 4) is 28.0 Å². The van der Waals surface area contributed by atoms with Crippen molar-refractivity contribution in [3.05, 3.63) is 42.5 Å². The van der Waals surface area contributed by atoms with Crippen LogP contribution in [0.1, 0.15) is 20.3 Å². The lowest BCUT2D eigenvalue weighted by molar-refractivity contribution is 0.216. The SMILES string of the molecule is CC(C)O.CSCCCOc1ccc2c(c1)-c1cccc-2c1. The second kappa shape index (κ2) is 8.25. The molecule has 1 aliphatic rings. The number of aliphatic hydroxyl groups excluding tert-OH is 1. The molecule has 2 aromatic rings. The van der Waals surface area contributed by atoms with Crippen LogP contribution >= 0.6 is 11.8 Å². The van der Waals surface area contributed by atoms with E-state index in [2.05, 4.69) is 48.7 Å². The van der Waals surface area contributed by atoms with Crippen LogP contribution in [0.4, 0.5) is 0 Å². The highest BCUT2D eigenvalue weighted by Gasteiger charge is 2.15. The Hall–Kier alpha value is -1.45. The summed E-state index contributed by atoms with van der Waals surface area (Å²) in [4.78, 5) is 0. The van der Waals surface area contributed by atoms with Gasteiger partial charge in [-0.2, -0.15) is 11.8 Å². The number of fused-ring (bicyclic) bond motifs is 5. The molecule has 0 unspecified atom stereocenters. The molecular weight excluding hydrogens is 292 g/mol. The van der Waals surface area contributed by atoms with Gasteiger partial charge in [0.05, 0.1) is 6.61 Å². The van der Waals surface area contributed by atoms with Gasteiger partial charge >= 0.3 is 0 Å². The number of hydrogen-bond donors (Lipinski definition) is 1. The number of rotatable bonds is 5. The highest BCUT2D eigenvalue weighted by atomic mass is 32.2. The van der Waals surface area contributed by atoms with Gasteiger partial charge < -0.3 is 9.84 Å². The maximum atomic E-state index is 8.06. The molecule has 22 heavy (non-hydrogen) atoms. The molecule has 1 N–H and O–H groups in total. The van der Waals surface area contributed by atoms with E-state index in [0.717, 1.165) is 24.5 Å². The second-order valence-corrected chi connectivity index (χ2v) is 6.56. The molecule has 0 spiro atoms. The molecule has 2 nitrogen and oxygen atoms in total. The molecule has 0 heterocycles. The Morgan fingerprint density at radius 3 is 2.41 bits per heavy atom. The van der Waals surface area contributed by atoms with E-state index in [1.54, 1.807) is 13.8 Å². The van der Waals surface area contributed by atoms with Gasteiger partial charge in [-0.3, -0.25) is 0 Å². The van der Waals surface area contributed by atoms with Crippen LogP contribution in [-0.4, -0.2) is 29.8 Å². The first-order valence-corrected chi connectivity index (χ1v) is 9.06. The summed E-state index contributed by atoms with van der Waals surface area (Å²) in [5.41, 5.74) is 5.25. The third-order valence-corrected chi connectivity index (χ3v) is 3.93. The van der Waals surface area contributed by atoms with Crippen molar-refractivity contribution >= 4 is 11.8 Å². The van der Waals surface area contributed by atoms with Gasteiger partial charge in [0.15, 0.2) is 0 Å². The normalized spacial score (nSPS) is 11.0. The largest absolute Gasteiger partial charge is 0.494 e. The van der Waals surface area contributed by atoms with Crippen LogP contribution < -0.4 is 4.74 Å². The van der Waals surface area contributed by atoms with Crippen LogP contribution in [0.25, 0.3) is 22.3 Å². The molecule has 118 valence electrons. The van der Waals surface area contributed by atoms with E-state index in [4.69, 9.17) is 9.84 Å². The summed E-state index contributed by atoms with van der Waals surface area (Å²) in [5.74, 6) is 2.14. The zero-order chi connectivity index (χ0) is 15.9. The van der Waals surface area contributed by atoms with Crippen LogP contribution in [-0.2, 0) is 0 Å². The number of hydrogen-bond acceptors (Lipinski definition) is 3. The summed E-state index contributed by atoms with van der Waals surface area (Å²) in [6.45, 7) is 4.25. The van der Waals surface area contributed by atoms with Crippen molar-refractivity contribution < 1.29 is 9.84 Å². The molecule has 1 aliphatic carbocycles. The second-order valence-electron chi connectivity index (χ2n) is 5.58. The van der Waals surface area contributed by atoms with Crippen molar-refractivity contribution in [2.24, 2.45) is 0 Å². The van der Waals surface area contributed by atoms with Crippen molar-refractivity contribution in [2.75, 3.05) is 18.6 Å². The van der Waals surface area contributed by atoms with Gasteiger partial charge in [0.1, 0.15) is 5.75 Å². The maximum Gasteiger partial charge on any atom is 0.119 e. The molecule has 0 amide bonds. The fraction of sp³-hybridized carbons (Fsp3) is 0.368.